The van der Waals surface area contributed by atoms with Crippen LogP contribution in [0.3, 0.4) is 0 Å². The summed E-state index contributed by atoms with van der Waals surface area (Å²) < 4.78 is 46.6. The molecule has 34 heavy (non-hydrogen) atoms. The fraction of sp³-hybridized carbons (Fsp3) is 0.0385. The third-order valence-electron chi connectivity index (χ3n) is 4.90. The number of ether oxygens (including phenoxy) is 1. The van der Waals surface area contributed by atoms with Crippen LogP contribution >= 0.6 is 0 Å². The lowest BCUT2D eigenvalue weighted by Crippen LogP contribution is -2.18. The number of benzene rings is 4. The molecule has 0 unspecified atom stereocenters. The average Bonchev–Trinajstić information content (AvgIpc) is 2.84. The van der Waals surface area contributed by atoms with Crippen LogP contribution in [-0.2, 0) is 16.6 Å². The summed E-state index contributed by atoms with van der Waals surface area (Å²) in [5.41, 5.74) is 1.80. The van der Waals surface area contributed by atoms with Crippen molar-refractivity contribution in [2.24, 2.45) is 0 Å². The van der Waals surface area contributed by atoms with Crippen molar-refractivity contribution in [3.05, 3.63) is 120 Å². The molecule has 2 N–H and O–H groups in total. The van der Waals surface area contributed by atoms with Crippen molar-refractivity contribution in [2.75, 3.05) is 10.0 Å². The summed E-state index contributed by atoms with van der Waals surface area (Å²) in [6.07, 6.45) is 0. The summed E-state index contributed by atoms with van der Waals surface area (Å²) >= 11 is 0. The van der Waals surface area contributed by atoms with Crippen LogP contribution in [0.5, 0.6) is 5.75 Å². The number of hydrogen-bond acceptors (Lipinski definition) is 4. The predicted octanol–water partition coefficient (Wildman–Crippen LogP) is 5.46. The number of nitrogens with one attached hydrogen (secondary N) is 2. The van der Waals surface area contributed by atoms with E-state index in [0.29, 0.717) is 18.0 Å². The summed E-state index contributed by atoms with van der Waals surface area (Å²) in [7, 11) is -4.01. The lowest BCUT2D eigenvalue weighted by atomic mass is 10.1. The molecular formula is C26H21FN2O4S. The second-order valence-electron chi connectivity index (χ2n) is 7.36. The standard InChI is InChI=1S/C26H21FN2O4S/c27-20-10-16-23(17-11-20)34(31,32)29-25-9-5-4-8-24(25)26(30)28-21-12-14-22(15-13-21)33-18-19-6-2-1-3-7-19/h1-17,29H,18H2,(H,28,30). The molecule has 0 aliphatic carbocycles. The van der Waals surface area contributed by atoms with E-state index in [1.165, 1.54) is 12.1 Å². The van der Waals surface area contributed by atoms with Crippen LogP contribution in [-0.4, -0.2) is 14.3 Å². The quantitative estimate of drug-likeness (QED) is 0.354. The highest BCUT2D eigenvalue weighted by Crippen LogP contribution is 2.23. The van der Waals surface area contributed by atoms with Crippen LogP contribution in [0, 0.1) is 5.82 Å². The molecule has 0 fully saturated rings. The maximum Gasteiger partial charge on any atom is 0.261 e. The first-order valence-corrected chi connectivity index (χ1v) is 11.8. The van der Waals surface area contributed by atoms with E-state index in [1.807, 2.05) is 30.3 Å². The topological polar surface area (TPSA) is 84.5 Å². The molecule has 172 valence electrons. The third kappa shape index (κ3) is 5.79. The average molecular weight is 477 g/mol. The molecular weight excluding hydrogens is 455 g/mol. The van der Waals surface area contributed by atoms with Crippen molar-refractivity contribution in [1.82, 2.24) is 0 Å². The zero-order valence-electron chi connectivity index (χ0n) is 17.9. The summed E-state index contributed by atoms with van der Waals surface area (Å²) in [5, 5.41) is 2.75. The molecule has 1 amide bonds. The van der Waals surface area contributed by atoms with E-state index in [2.05, 4.69) is 10.0 Å². The van der Waals surface area contributed by atoms with E-state index in [0.717, 1.165) is 29.8 Å². The highest BCUT2D eigenvalue weighted by Gasteiger charge is 2.19. The Morgan fingerprint density at radius 2 is 1.44 bits per heavy atom. The maximum atomic E-state index is 13.1. The monoisotopic (exact) mass is 476 g/mol. The molecule has 0 aromatic heterocycles. The fourth-order valence-corrected chi connectivity index (χ4v) is 4.24. The van der Waals surface area contributed by atoms with Gasteiger partial charge in [0, 0.05) is 5.69 Å². The van der Waals surface area contributed by atoms with E-state index in [1.54, 1.807) is 36.4 Å². The molecule has 0 heterocycles. The SMILES string of the molecule is O=C(Nc1ccc(OCc2ccccc2)cc1)c1ccccc1NS(=O)(=O)c1ccc(F)cc1. The largest absolute Gasteiger partial charge is 0.489 e. The number of amides is 1. The minimum absolute atomic E-state index is 0.104. The lowest BCUT2D eigenvalue weighted by molar-refractivity contribution is 0.102. The zero-order chi connectivity index (χ0) is 24.0. The second-order valence-corrected chi connectivity index (χ2v) is 9.04. The normalized spacial score (nSPS) is 11.0. The van der Waals surface area contributed by atoms with E-state index in [-0.39, 0.29) is 16.1 Å². The predicted molar refractivity (Wildman–Crippen MR) is 129 cm³/mol. The minimum Gasteiger partial charge on any atom is -0.489 e. The third-order valence-corrected chi connectivity index (χ3v) is 6.28. The van der Waals surface area contributed by atoms with Crippen LogP contribution in [0.25, 0.3) is 0 Å². The number of carbonyl (C=O) groups is 1. The molecule has 0 saturated heterocycles. The molecule has 4 aromatic rings. The Bertz CT molecular complexity index is 1370. The van der Waals surface area contributed by atoms with Crippen LogP contribution < -0.4 is 14.8 Å². The molecule has 6 nitrogen and oxygen atoms in total. The number of hydrogen-bond donors (Lipinski definition) is 2. The number of halogens is 1. The first-order chi connectivity index (χ1) is 16.4. The number of anilines is 2. The summed E-state index contributed by atoms with van der Waals surface area (Å²) in [6.45, 7) is 0.425. The highest BCUT2D eigenvalue weighted by atomic mass is 32.2. The van der Waals surface area contributed by atoms with Gasteiger partial charge < -0.3 is 10.1 Å². The molecule has 0 aliphatic rings. The number of sulfonamides is 1. The van der Waals surface area contributed by atoms with Gasteiger partial charge in [0.1, 0.15) is 18.2 Å². The summed E-state index contributed by atoms with van der Waals surface area (Å²) in [4.78, 5) is 12.8. The van der Waals surface area contributed by atoms with Crippen LogP contribution in [0.4, 0.5) is 15.8 Å². The van der Waals surface area contributed by atoms with E-state index >= 15 is 0 Å². The Labute approximate surface area is 197 Å². The van der Waals surface area contributed by atoms with Crippen LogP contribution in [0.15, 0.2) is 108 Å². The van der Waals surface area contributed by atoms with Crippen molar-refractivity contribution in [3.8, 4) is 5.75 Å². The van der Waals surface area contributed by atoms with Crippen molar-refractivity contribution in [2.45, 2.75) is 11.5 Å². The molecule has 0 spiro atoms. The van der Waals surface area contributed by atoms with E-state index in [9.17, 15) is 17.6 Å². The Kier molecular flexibility index (Phi) is 6.89. The van der Waals surface area contributed by atoms with Gasteiger partial charge in [0.15, 0.2) is 0 Å². The minimum atomic E-state index is -4.01. The summed E-state index contributed by atoms with van der Waals surface area (Å²) in [5.74, 6) is -0.389. The van der Waals surface area contributed by atoms with Gasteiger partial charge in [-0.2, -0.15) is 0 Å². The van der Waals surface area contributed by atoms with Gasteiger partial charge in [-0.1, -0.05) is 42.5 Å². The Hall–Kier alpha value is -4.17. The molecule has 4 rings (SSSR count). The number of para-hydroxylation sites is 1. The molecule has 0 radical (unpaired) electrons. The maximum absolute atomic E-state index is 13.1. The Morgan fingerprint density at radius 1 is 0.794 bits per heavy atom. The highest BCUT2D eigenvalue weighted by molar-refractivity contribution is 7.92. The van der Waals surface area contributed by atoms with Gasteiger partial charge in [-0.3, -0.25) is 9.52 Å². The molecule has 0 atom stereocenters. The van der Waals surface area contributed by atoms with Crippen molar-refractivity contribution in [1.29, 1.82) is 0 Å². The fourth-order valence-electron chi connectivity index (χ4n) is 3.16. The van der Waals surface area contributed by atoms with Crippen molar-refractivity contribution < 1.29 is 22.3 Å². The van der Waals surface area contributed by atoms with Crippen LogP contribution in [0.1, 0.15) is 15.9 Å². The summed E-state index contributed by atoms with van der Waals surface area (Å²) in [6, 6.07) is 27.3. The molecule has 0 bridgehead atoms. The molecule has 0 aliphatic heterocycles. The number of carbonyl (C=O) groups excluding carboxylic acids is 1. The zero-order valence-corrected chi connectivity index (χ0v) is 18.8. The van der Waals surface area contributed by atoms with Gasteiger partial charge in [-0.05, 0) is 66.2 Å². The molecule has 0 saturated carbocycles. The van der Waals surface area contributed by atoms with Gasteiger partial charge in [-0.25, -0.2) is 12.8 Å². The van der Waals surface area contributed by atoms with Crippen molar-refractivity contribution >= 4 is 27.3 Å². The second kappa shape index (κ2) is 10.2. The first-order valence-electron chi connectivity index (χ1n) is 10.4. The van der Waals surface area contributed by atoms with Crippen LogP contribution in [0.2, 0.25) is 0 Å². The molecule has 8 heteroatoms. The van der Waals surface area contributed by atoms with Gasteiger partial charge in [0.2, 0.25) is 0 Å². The lowest BCUT2D eigenvalue weighted by Gasteiger charge is -2.13. The van der Waals surface area contributed by atoms with E-state index in [4.69, 9.17) is 4.74 Å². The Morgan fingerprint density at radius 3 is 2.15 bits per heavy atom. The van der Waals surface area contributed by atoms with Gasteiger partial charge in [-0.15, -0.1) is 0 Å². The number of rotatable bonds is 8. The van der Waals surface area contributed by atoms with E-state index < -0.39 is 21.7 Å². The van der Waals surface area contributed by atoms with Gasteiger partial charge in [0.05, 0.1) is 16.1 Å². The smallest absolute Gasteiger partial charge is 0.261 e. The van der Waals surface area contributed by atoms with Gasteiger partial charge >= 0.3 is 0 Å². The first kappa shape index (κ1) is 23.0. The molecule has 4 aromatic carbocycles. The van der Waals surface area contributed by atoms with Gasteiger partial charge in [0.25, 0.3) is 15.9 Å². The van der Waals surface area contributed by atoms with Crippen molar-refractivity contribution in [3.63, 3.8) is 0 Å². The Balaban J connectivity index is 1.44.